The molecule has 4 heteroatoms. The van der Waals surface area contributed by atoms with Crippen molar-refractivity contribution in [2.24, 2.45) is 0 Å². The molecule has 3 aromatic carbocycles. The van der Waals surface area contributed by atoms with Crippen LogP contribution in [0.25, 0.3) is 6.08 Å². The van der Waals surface area contributed by atoms with E-state index in [9.17, 15) is 0 Å². The summed E-state index contributed by atoms with van der Waals surface area (Å²) in [7, 11) is 3.91. The SMILES string of the molecule is COc1ccc(N2c3ccc(/C=C/C4=[N+](C)c5ccccc5C4(C)C)cc3C3CCCC32)cc1.[Br-]. The first-order valence-corrected chi connectivity index (χ1v) is 12.4. The van der Waals surface area contributed by atoms with Crippen molar-refractivity contribution in [1.29, 1.82) is 0 Å². The van der Waals surface area contributed by atoms with E-state index in [1.807, 2.05) is 0 Å². The van der Waals surface area contributed by atoms with Gasteiger partial charge in [0, 0.05) is 41.0 Å². The Bertz CT molecular complexity index is 1320. The second-order valence-corrected chi connectivity index (χ2v) is 10.4. The van der Waals surface area contributed by atoms with E-state index in [1.165, 1.54) is 58.7 Å². The predicted molar refractivity (Wildman–Crippen MR) is 141 cm³/mol. The summed E-state index contributed by atoms with van der Waals surface area (Å²) in [5.41, 5.74) is 9.48. The maximum atomic E-state index is 5.38. The van der Waals surface area contributed by atoms with Gasteiger partial charge in [-0.1, -0.05) is 30.7 Å². The maximum Gasteiger partial charge on any atom is 0.209 e. The quantitative estimate of drug-likeness (QED) is 0.471. The Morgan fingerprint density at radius 1 is 0.971 bits per heavy atom. The number of para-hydroxylation sites is 1. The number of anilines is 2. The van der Waals surface area contributed by atoms with Crippen LogP contribution in [0.15, 0.2) is 72.8 Å². The smallest absolute Gasteiger partial charge is 0.209 e. The van der Waals surface area contributed by atoms with Crippen LogP contribution < -0.4 is 26.6 Å². The average Bonchev–Trinajstić information content (AvgIpc) is 3.49. The molecule has 0 saturated heterocycles. The van der Waals surface area contributed by atoms with E-state index in [-0.39, 0.29) is 22.4 Å². The van der Waals surface area contributed by atoms with Gasteiger partial charge in [0.2, 0.25) is 5.69 Å². The Hall–Kier alpha value is -2.85. The summed E-state index contributed by atoms with van der Waals surface area (Å²) in [6.07, 6.45) is 8.46. The second kappa shape index (κ2) is 8.98. The van der Waals surface area contributed by atoms with E-state index in [4.69, 9.17) is 4.74 Å². The summed E-state index contributed by atoms with van der Waals surface area (Å²) < 4.78 is 7.73. The van der Waals surface area contributed by atoms with E-state index >= 15 is 0 Å². The maximum absolute atomic E-state index is 5.38. The van der Waals surface area contributed by atoms with Crippen molar-refractivity contribution in [1.82, 2.24) is 0 Å². The third-order valence-corrected chi connectivity index (χ3v) is 8.25. The Morgan fingerprint density at radius 2 is 1.74 bits per heavy atom. The summed E-state index contributed by atoms with van der Waals surface area (Å²) >= 11 is 0. The lowest BCUT2D eigenvalue weighted by molar-refractivity contribution is -0.401. The first-order valence-electron chi connectivity index (χ1n) is 12.4. The molecule has 0 spiro atoms. The number of rotatable bonds is 4. The predicted octanol–water partition coefficient (Wildman–Crippen LogP) is 4.21. The Balaban J connectivity index is 0.00000253. The molecule has 2 heterocycles. The van der Waals surface area contributed by atoms with E-state index in [0.717, 1.165) is 5.75 Å². The summed E-state index contributed by atoms with van der Waals surface area (Å²) in [5, 5.41) is 0. The molecule has 1 aliphatic carbocycles. The van der Waals surface area contributed by atoms with Gasteiger partial charge in [0.1, 0.15) is 12.8 Å². The van der Waals surface area contributed by atoms with E-state index in [0.29, 0.717) is 12.0 Å². The van der Waals surface area contributed by atoms with Gasteiger partial charge in [-0.2, -0.15) is 4.58 Å². The minimum atomic E-state index is 0. The van der Waals surface area contributed by atoms with Crippen molar-refractivity contribution >= 4 is 28.8 Å². The molecular weight excluding hydrogens is 496 g/mol. The lowest BCUT2D eigenvalue weighted by Crippen LogP contribution is -3.00. The number of fused-ring (bicyclic) bond motifs is 4. The Kier molecular flexibility index (Phi) is 6.13. The fourth-order valence-corrected chi connectivity index (χ4v) is 6.53. The lowest BCUT2D eigenvalue weighted by Gasteiger charge is -2.27. The number of nitrogens with zero attached hydrogens (tertiary/aromatic N) is 2. The molecule has 35 heavy (non-hydrogen) atoms. The molecule has 3 aromatic rings. The fourth-order valence-electron chi connectivity index (χ4n) is 6.53. The monoisotopic (exact) mass is 528 g/mol. The number of methoxy groups -OCH3 is 1. The van der Waals surface area contributed by atoms with Crippen LogP contribution in [0.5, 0.6) is 5.75 Å². The molecule has 0 aromatic heterocycles. The molecule has 6 rings (SSSR count). The standard InChI is InChI=1S/C31H33N2O.BrH/c1-31(2)26-9-5-6-10-29(26)32(3)30(31)19-13-21-12-18-28-25(20-21)24-8-7-11-27(24)33(28)22-14-16-23(34-4)17-15-22;/h5-6,9-10,12-20,24,27H,7-8,11H2,1-4H3;1H/q+1;/p-1. The van der Waals surface area contributed by atoms with Crippen LogP contribution >= 0.6 is 0 Å². The first kappa shape index (κ1) is 23.9. The zero-order valence-corrected chi connectivity index (χ0v) is 22.5. The molecular formula is C31H33BrN2O. The van der Waals surface area contributed by atoms with Crippen molar-refractivity contribution in [2.75, 3.05) is 19.1 Å². The van der Waals surface area contributed by atoms with Crippen LogP contribution in [-0.4, -0.2) is 30.5 Å². The summed E-state index contributed by atoms with van der Waals surface area (Å²) in [6, 6.07) is 24.9. The highest BCUT2D eigenvalue weighted by atomic mass is 79.9. The largest absolute Gasteiger partial charge is 1.00 e. The van der Waals surface area contributed by atoms with Gasteiger partial charge in [-0.25, -0.2) is 0 Å². The van der Waals surface area contributed by atoms with Gasteiger partial charge in [-0.05, 0) is 80.3 Å². The van der Waals surface area contributed by atoms with Crippen molar-refractivity contribution in [3.63, 3.8) is 0 Å². The molecule has 0 bridgehead atoms. The fraction of sp³-hybridized carbons (Fsp3) is 0.323. The van der Waals surface area contributed by atoms with Gasteiger partial charge in [0.25, 0.3) is 0 Å². The molecule has 0 N–H and O–H groups in total. The zero-order valence-electron chi connectivity index (χ0n) is 21.0. The third kappa shape index (κ3) is 3.74. The number of benzene rings is 3. The molecule has 180 valence electrons. The zero-order chi connectivity index (χ0) is 23.4. The van der Waals surface area contributed by atoms with Gasteiger partial charge < -0.3 is 26.6 Å². The Morgan fingerprint density at radius 3 is 2.49 bits per heavy atom. The molecule has 0 amide bonds. The number of hydrogen-bond acceptors (Lipinski definition) is 2. The van der Waals surface area contributed by atoms with Gasteiger partial charge in [0.15, 0.2) is 5.71 Å². The Labute approximate surface area is 219 Å². The van der Waals surface area contributed by atoms with Gasteiger partial charge in [-0.3, -0.25) is 0 Å². The number of hydrogen-bond donors (Lipinski definition) is 0. The number of halogens is 1. The van der Waals surface area contributed by atoms with Crippen molar-refractivity contribution in [2.45, 2.75) is 50.5 Å². The molecule has 2 unspecified atom stereocenters. The number of allylic oxidation sites excluding steroid dienone is 1. The first-order chi connectivity index (χ1) is 16.5. The minimum Gasteiger partial charge on any atom is -1.00 e. The average molecular weight is 530 g/mol. The molecule has 2 aliphatic heterocycles. The summed E-state index contributed by atoms with van der Waals surface area (Å²) in [6.45, 7) is 4.65. The van der Waals surface area contributed by atoms with Crippen molar-refractivity contribution in [3.05, 3.63) is 89.5 Å². The third-order valence-electron chi connectivity index (χ3n) is 8.25. The topological polar surface area (TPSA) is 15.5 Å². The molecule has 1 fully saturated rings. The van der Waals surface area contributed by atoms with Crippen LogP contribution in [-0.2, 0) is 5.41 Å². The normalized spacial score (nSPS) is 21.7. The van der Waals surface area contributed by atoms with Gasteiger partial charge in [-0.15, -0.1) is 0 Å². The van der Waals surface area contributed by atoms with Gasteiger partial charge >= 0.3 is 0 Å². The van der Waals surface area contributed by atoms with E-state index < -0.39 is 0 Å². The van der Waals surface area contributed by atoms with Crippen LogP contribution in [0, 0.1) is 0 Å². The van der Waals surface area contributed by atoms with Crippen LogP contribution in [0.2, 0.25) is 0 Å². The summed E-state index contributed by atoms with van der Waals surface area (Å²) in [4.78, 5) is 2.57. The van der Waals surface area contributed by atoms with Crippen LogP contribution in [0.1, 0.15) is 55.7 Å². The number of ether oxygens (including phenoxy) is 1. The van der Waals surface area contributed by atoms with Crippen molar-refractivity contribution in [3.8, 4) is 5.75 Å². The highest BCUT2D eigenvalue weighted by Gasteiger charge is 2.43. The van der Waals surface area contributed by atoms with Crippen LogP contribution in [0.4, 0.5) is 17.1 Å². The lowest BCUT2D eigenvalue weighted by atomic mass is 9.81. The highest BCUT2D eigenvalue weighted by Crippen LogP contribution is 2.52. The molecule has 3 nitrogen and oxygen atoms in total. The molecule has 1 saturated carbocycles. The van der Waals surface area contributed by atoms with Crippen molar-refractivity contribution < 1.29 is 26.3 Å². The minimum absolute atomic E-state index is 0. The van der Waals surface area contributed by atoms with E-state index in [2.05, 4.69) is 109 Å². The van der Waals surface area contributed by atoms with Crippen LogP contribution in [0.3, 0.4) is 0 Å². The molecule has 2 atom stereocenters. The molecule has 0 radical (unpaired) electrons. The molecule has 3 aliphatic rings. The van der Waals surface area contributed by atoms with Gasteiger partial charge in [0.05, 0.1) is 12.5 Å². The highest BCUT2D eigenvalue weighted by molar-refractivity contribution is 6.05. The van der Waals surface area contributed by atoms with E-state index in [1.54, 1.807) is 7.11 Å². The summed E-state index contributed by atoms with van der Waals surface area (Å²) in [5.74, 6) is 1.53. The second-order valence-electron chi connectivity index (χ2n) is 10.4.